The van der Waals surface area contributed by atoms with Crippen molar-refractivity contribution in [1.29, 1.82) is 0 Å². The van der Waals surface area contributed by atoms with E-state index in [1.54, 1.807) is 14.2 Å². The first-order chi connectivity index (χ1) is 6.72. The summed E-state index contributed by atoms with van der Waals surface area (Å²) >= 11 is 0. The van der Waals surface area contributed by atoms with Crippen molar-refractivity contribution in [3.63, 3.8) is 0 Å². The van der Waals surface area contributed by atoms with Gasteiger partial charge >= 0.3 is 5.97 Å². The minimum atomic E-state index is -0.137. The number of methoxy groups -OCH3 is 3. The Hall–Kier alpha value is -0.610. The molecule has 0 amide bonds. The third-order valence-electron chi connectivity index (χ3n) is 2.87. The molecule has 0 aromatic rings. The van der Waals surface area contributed by atoms with Gasteiger partial charge in [-0.25, -0.2) is 0 Å². The maximum atomic E-state index is 11.3. The Morgan fingerprint density at radius 1 is 1.07 bits per heavy atom. The van der Waals surface area contributed by atoms with Gasteiger partial charge in [0.2, 0.25) is 0 Å². The Bertz CT molecular complexity index is 193. The molecule has 3 atom stereocenters. The molecular weight excluding hydrogens is 184 g/mol. The van der Waals surface area contributed by atoms with Gasteiger partial charge in [-0.3, -0.25) is 4.79 Å². The second kappa shape index (κ2) is 5.32. The van der Waals surface area contributed by atoms with E-state index >= 15 is 0 Å². The fourth-order valence-corrected chi connectivity index (χ4v) is 2.00. The Morgan fingerprint density at radius 3 is 2.21 bits per heavy atom. The number of ether oxygens (including phenoxy) is 3. The first-order valence-corrected chi connectivity index (χ1v) is 4.86. The van der Waals surface area contributed by atoms with E-state index in [0.29, 0.717) is 6.42 Å². The summed E-state index contributed by atoms with van der Waals surface area (Å²) in [6, 6.07) is 0. The second-order valence-electron chi connectivity index (χ2n) is 3.58. The third-order valence-corrected chi connectivity index (χ3v) is 2.87. The summed E-state index contributed by atoms with van der Waals surface area (Å²) in [6.07, 6.45) is 2.50. The van der Waals surface area contributed by atoms with Crippen molar-refractivity contribution in [2.24, 2.45) is 5.92 Å². The Labute approximate surface area is 84.5 Å². The molecule has 1 fully saturated rings. The SMILES string of the molecule is COC(=O)C1CCC(OC)C(OC)C1. The maximum Gasteiger partial charge on any atom is 0.308 e. The zero-order valence-electron chi connectivity index (χ0n) is 8.99. The molecule has 1 saturated carbocycles. The van der Waals surface area contributed by atoms with Crippen LogP contribution in [0.2, 0.25) is 0 Å². The number of hydrogen-bond donors (Lipinski definition) is 0. The molecule has 0 heterocycles. The van der Waals surface area contributed by atoms with Crippen LogP contribution in [0.3, 0.4) is 0 Å². The van der Waals surface area contributed by atoms with Crippen molar-refractivity contribution in [3.8, 4) is 0 Å². The van der Waals surface area contributed by atoms with Gasteiger partial charge in [-0.15, -0.1) is 0 Å². The quantitative estimate of drug-likeness (QED) is 0.640. The molecule has 0 aromatic heterocycles. The topological polar surface area (TPSA) is 44.8 Å². The highest BCUT2D eigenvalue weighted by Gasteiger charge is 2.34. The van der Waals surface area contributed by atoms with E-state index in [2.05, 4.69) is 0 Å². The van der Waals surface area contributed by atoms with Crippen molar-refractivity contribution < 1.29 is 19.0 Å². The van der Waals surface area contributed by atoms with Crippen LogP contribution in [-0.2, 0) is 19.0 Å². The standard InChI is InChI=1S/C10H18O4/c1-12-8-5-4-7(10(11)14-3)6-9(8)13-2/h7-9H,4-6H2,1-3H3. The lowest BCUT2D eigenvalue weighted by atomic mass is 9.85. The molecule has 4 heteroatoms. The monoisotopic (exact) mass is 202 g/mol. The molecule has 82 valence electrons. The lowest BCUT2D eigenvalue weighted by Crippen LogP contribution is -2.39. The summed E-state index contributed by atoms with van der Waals surface area (Å²) in [4.78, 5) is 11.3. The molecule has 14 heavy (non-hydrogen) atoms. The van der Waals surface area contributed by atoms with E-state index in [0.717, 1.165) is 12.8 Å². The van der Waals surface area contributed by atoms with E-state index in [4.69, 9.17) is 14.2 Å². The number of esters is 1. The average Bonchev–Trinajstić information content (AvgIpc) is 2.26. The summed E-state index contributed by atoms with van der Waals surface area (Å²) < 4.78 is 15.3. The fourth-order valence-electron chi connectivity index (χ4n) is 2.00. The number of carbonyl (C=O) groups excluding carboxylic acids is 1. The first kappa shape index (κ1) is 11.5. The Morgan fingerprint density at radius 2 is 1.71 bits per heavy atom. The minimum Gasteiger partial charge on any atom is -0.469 e. The van der Waals surface area contributed by atoms with Crippen molar-refractivity contribution in [2.45, 2.75) is 31.5 Å². The molecule has 1 rings (SSSR count). The molecule has 0 radical (unpaired) electrons. The predicted molar refractivity (Wildman–Crippen MR) is 51.0 cm³/mol. The van der Waals surface area contributed by atoms with Crippen molar-refractivity contribution in [3.05, 3.63) is 0 Å². The molecule has 0 bridgehead atoms. The molecule has 1 aliphatic rings. The van der Waals surface area contributed by atoms with E-state index in [1.807, 2.05) is 0 Å². The summed E-state index contributed by atoms with van der Waals surface area (Å²) in [5.41, 5.74) is 0. The normalized spacial score (nSPS) is 32.6. The molecule has 3 unspecified atom stereocenters. The van der Waals surface area contributed by atoms with Crippen LogP contribution in [0.15, 0.2) is 0 Å². The predicted octanol–water partition coefficient (Wildman–Crippen LogP) is 0.989. The van der Waals surface area contributed by atoms with Crippen LogP contribution in [0.5, 0.6) is 0 Å². The molecule has 0 saturated heterocycles. The van der Waals surface area contributed by atoms with Crippen LogP contribution in [0, 0.1) is 5.92 Å². The summed E-state index contributed by atoms with van der Waals surface area (Å²) in [5, 5.41) is 0. The van der Waals surface area contributed by atoms with Crippen LogP contribution in [0.4, 0.5) is 0 Å². The van der Waals surface area contributed by atoms with E-state index in [-0.39, 0.29) is 24.1 Å². The lowest BCUT2D eigenvalue weighted by molar-refractivity contribution is -0.151. The smallest absolute Gasteiger partial charge is 0.308 e. The molecule has 0 N–H and O–H groups in total. The van der Waals surface area contributed by atoms with Gasteiger partial charge in [0, 0.05) is 14.2 Å². The Kier molecular flexibility index (Phi) is 4.35. The highest BCUT2D eigenvalue weighted by Crippen LogP contribution is 2.28. The van der Waals surface area contributed by atoms with Gasteiger partial charge in [-0.2, -0.15) is 0 Å². The van der Waals surface area contributed by atoms with Gasteiger partial charge in [0.1, 0.15) is 0 Å². The maximum absolute atomic E-state index is 11.3. The third kappa shape index (κ3) is 2.45. The number of carbonyl (C=O) groups is 1. The van der Waals surface area contributed by atoms with Crippen LogP contribution in [-0.4, -0.2) is 39.5 Å². The van der Waals surface area contributed by atoms with Crippen molar-refractivity contribution >= 4 is 5.97 Å². The van der Waals surface area contributed by atoms with Crippen LogP contribution >= 0.6 is 0 Å². The molecule has 0 aromatic carbocycles. The Balaban J connectivity index is 2.52. The van der Waals surface area contributed by atoms with E-state index < -0.39 is 0 Å². The zero-order chi connectivity index (χ0) is 10.6. The molecule has 4 nitrogen and oxygen atoms in total. The van der Waals surface area contributed by atoms with Gasteiger partial charge < -0.3 is 14.2 Å². The van der Waals surface area contributed by atoms with E-state index in [9.17, 15) is 4.79 Å². The highest BCUT2D eigenvalue weighted by atomic mass is 16.5. The number of rotatable bonds is 3. The lowest BCUT2D eigenvalue weighted by Gasteiger charge is -2.32. The van der Waals surface area contributed by atoms with Gasteiger partial charge in [-0.05, 0) is 19.3 Å². The molecule has 0 spiro atoms. The molecule has 0 aliphatic heterocycles. The fraction of sp³-hybridized carbons (Fsp3) is 0.900. The van der Waals surface area contributed by atoms with Crippen LogP contribution in [0.25, 0.3) is 0 Å². The second-order valence-corrected chi connectivity index (χ2v) is 3.58. The number of hydrogen-bond acceptors (Lipinski definition) is 4. The van der Waals surface area contributed by atoms with Gasteiger partial charge in [0.05, 0.1) is 25.2 Å². The minimum absolute atomic E-state index is 0.0119. The first-order valence-electron chi connectivity index (χ1n) is 4.86. The molecule has 1 aliphatic carbocycles. The van der Waals surface area contributed by atoms with Gasteiger partial charge in [0.15, 0.2) is 0 Å². The van der Waals surface area contributed by atoms with Gasteiger partial charge in [-0.1, -0.05) is 0 Å². The van der Waals surface area contributed by atoms with Crippen LogP contribution in [0.1, 0.15) is 19.3 Å². The molecular formula is C10H18O4. The van der Waals surface area contributed by atoms with Crippen molar-refractivity contribution in [1.82, 2.24) is 0 Å². The average molecular weight is 202 g/mol. The summed E-state index contributed by atoms with van der Waals surface area (Å²) in [7, 11) is 4.75. The summed E-state index contributed by atoms with van der Waals surface area (Å²) in [6.45, 7) is 0. The van der Waals surface area contributed by atoms with Gasteiger partial charge in [0.25, 0.3) is 0 Å². The van der Waals surface area contributed by atoms with E-state index in [1.165, 1.54) is 7.11 Å². The zero-order valence-corrected chi connectivity index (χ0v) is 8.99. The van der Waals surface area contributed by atoms with Crippen molar-refractivity contribution in [2.75, 3.05) is 21.3 Å². The largest absolute Gasteiger partial charge is 0.469 e. The van der Waals surface area contributed by atoms with Crippen LogP contribution < -0.4 is 0 Å². The highest BCUT2D eigenvalue weighted by molar-refractivity contribution is 5.72. The summed E-state index contributed by atoms with van der Waals surface area (Å²) in [5.74, 6) is -0.169.